The number of aryl methyl sites for hydroxylation is 1. The van der Waals surface area contributed by atoms with E-state index in [9.17, 15) is 10.2 Å². The first-order valence-corrected chi connectivity index (χ1v) is 15.4. The van der Waals surface area contributed by atoms with Gasteiger partial charge in [-0.2, -0.15) is 5.26 Å². The topological polar surface area (TPSA) is 166 Å². The van der Waals surface area contributed by atoms with Crippen LogP contribution < -0.4 is 32.3 Å². The Morgan fingerprint density at radius 2 is 1.93 bits per heavy atom. The summed E-state index contributed by atoms with van der Waals surface area (Å²) in [6, 6.07) is 9.32. The van der Waals surface area contributed by atoms with Crippen LogP contribution in [-0.4, -0.2) is 102 Å². The first-order chi connectivity index (χ1) is 19.9. The largest absolute Gasteiger partial charge is 0.387 e. The van der Waals surface area contributed by atoms with Crippen LogP contribution in [0.3, 0.4) is 0 Å². The van der Waals surface area contributed by atoms with Crippen molar-refractivity contribution in [3.63, 3.8) is 0 Å². The standard InChI is InChI=1S/C29H47N9O3/c1-37(14-22-25(39)26(40)29(41-22)38-16-34-24-27(31)32-15-33-28(24)38)19-11-18(12-19)7-9-23-35-20-8-6-17(13-21(20)36-23)5-3-2-4-10-30/h6,8,13,18-19,22-29,32-36,39-40H,2-5,7,9,11-12,14-16,31H2,1H3/t18-,19-,22-,23?,24?,25-,26-,27?,28?,29-/m1/s1. The zero-order valence-electron chi connectivity index (χ0n) is 24.0. The number of nitrogens with two attached hydrogens (primary N) is 1. The second-order valence-corrected chi connectivity index (χ2v) is 12.6. The van der Waals surface area contributed by atoms with Crippen molar-refractivity contribution in [3.05, 3.63) is 23.8 Å². The van der Waals surface area contributed by atoms with E-state index in [1.807, 2.05) is 4.90 Å². The number of aliphatic hydroxyl groups is 2. The van der Waals surface area contributed by atoms with Crippen molar-refractivity contribution in [2.45, 2.75) is 106 Å². The molecule has 0 radical (unpaired) electrons. The zero-order chi connectivity index (χ0) is 28.5. The number of benzene rings is 1. The lowest BCUT2D eigenvalue weighted by Crippen LogP contribution is -2.68. The smallest absolute Gasteiger partial charge is 0.142 e. The average Bonchev–Trinajstić information content (AvgIpc) is 3.62. The number of nitrogens with one attached hydrogen (secondary N) is 5. The summed E-state index contributed by atoms with van der Waals surface area (Å²) >= 11 is 0. The number of rotatable bonds is 11. The predicted molar refractivity (Wildman–Crippen MR) is 156 cm³/mol. The Bertz CT molecular complexity index is 1080. The Balaban J connectivity index is 0.912. The monoisotopic (exact) mass is 569 g/mol. The summed E-state index contributed by atoms with van der Waals surface area (Å²) in [6.07, 6.45) is 5.32. The number of anilines is 2. The number of ether oxygens (including phenoxy) is 1. The summed E-state index contributed by atoms with van der Waals surface area (Å²) < 4.78 is 6.27. The first kappa shape index (κ1) is 29.0. The van der Waals surface area contributed by atoms with Crippen molar-refractivity contribution in [1.82, 2.24) is 25.8 Å². The van der Waals surface area contributed by atoms with Gasteiger partial charge >= 0.3 is 0 Å². The molecule has 0 aromatic heterocycles. The van der Waals surface area contributed by atoms with E-state index in [1.165, 1.54) is 23.4 Å². The molecule has 4 fully saturated rings. The molecule has 0 amide bonds. The summed E-state index contributed by atoms with van der Waals surface area (Å²) in [7, 11) is 2.10. The van der Waals surface area contributed by atoms with E-state index < -0.39 is 24.5 Å². The summed E-state index contributed by atoms with van der Waals surface area (Å²) in [6.45, 7) is 1.72. The third kappa shape index (κ3) is 6.20. The number of unbranched alkanes of at least 4 members (excludes halogenated alkanes) is 2. The van der Waals surface area contributed by atoms with Crippen LogP contribution >= 0.6 is 0 Å². The van der Waals surface area contributed by atoms with Gasteiger partial charge in [0.1, 0.15) is 24.5 Å². The Kier molecular flexibility index (Phi) is 8.97. The van der Waals surface area contributed by atoms with Crippen LogP contribution in [-0.2, 0) is 11.2 Å². The Morgan fingerprint density at radius 1 is 1.10 bits per heavy atom. The summed E-state index contributed by atoms with van der Waals surface area (Å²) in [4.78, 5) is 4.34. The summed E-state index contributed by atoms with van der Waals surface area (Å²) in [5, 5.41) is 47.7. The fourth-order valence-electron chi connectivity index (χ4n) is 7.22. The van der Waals surface area contributed by atoms with Gasteiger partial charge in [-0.1, -0.05) is 6.07 Å². The maximum absolute atomic E-state index is 10.9. The molecule has 4 aliphatic heterocycles. The first-order valence-electron chi connectivity index (χ1n) is 15.4. The van der Waals surface area contributed by atoms with Crippen molar-refractivity contribution < 1.29 is 14.9 Å². The Hall–Kier alpha value is -2.05. The quantitative estimate of drug-likeness (QED) is 0.169. The van der Waals surface area contributed by atoms with Crippen LogP contribution in [0.2, 0.25) is 0 Å². The van der Waals surface area contributed by atoms with Crippen LogP contribution in [0.25, 0.3) is 0 Å². The molecule has 1 saturated carbocycles. The minimum absolute atomic E-state index is 0.0115. The molecule has 1 aliphatic carbocycles. The van der Waals surface area contributed by atoms with E-state index in [0.29, 0.717) is 38.3 Å². The fraction of sp³-hybridized carbons (Fsp3) is 0.759. The number of hydrogen-bond acceptors (Lipinski definition) is 12. The van der Waals surface area contributed by atoms with Gasteiger partial charge in [-0.05, 0) is 75.6 Å². The highest BCUT2D eigenvalue weighted by Crippen LogP contribution is 2.38. The van der Waals surface area contributed by atoms with Gasteiger partial charge in [0.15, 0.2) is 0 Å². The third-order valence-electron chi connectivity index (χ3n) is 9.82. The maximum atomic E-state index is 10.9. The molecular formula is C29H47N9O3. The second-order valence-electron chi connectivity index (χ2n) is 12.6. The molecule has 1 aromatic carbocycles. The molecule has 3 saturated heterocycles. The average molecular weight is 570 g/mol. The predicted octanol–water partition coefficient (Wildman–Crippen LogP) is 0.0163. The van der Waals surface area contributed by atoms with Gasteiger partial charge in [0.05, 0.1) is 48.7 Å². The van der Waals surface area contributed by atoms with E-state index in [4.69, 9.17) is 15.7 Å². The fourth-order valence-corrected chi connectivity index (χ4v) is 7.22. The van der Waals surface area contributed by atoms with E-state index >= 15 is 0 Å². The Labute approximate surface area is 242 Å². The van der Waals surface area contributed by atoms with Crippen LogP contribution in [0.1, 0.15) is 50.5 Å². The highest BCUT2D eigenvalue weighted by atomic mass is 16.6. The number of hydrogen-bond donors (Lipinski definition) is 8. The van der Waals surface area contributed by atoms with E-state index in [2.05, 4.69) is 62.8 Å². The highest BCUT2D eigenvalue weighted by Gasteiger charge is 2.52. The molecule has 6 rings (SSSR count). The minimum Gasteiger partial charge on any atom is -0.387 e. The lowest BCUT2D eigenvalue weighted by molar-refractivity contribution is -0.108. The Morgan fingerprint density at radius 3 is 2.76 bits per heavy atom. The molecule has 0 bridgehead atoms. The molecule has 0 spiro atoms. The number of likely N-dealkylation sites (N-methyl/N-ethyl adjacent to an activating group) is 1. The van der Waals surface area contributed by atoms with Gasteiger partial charge in [-0.25, -0.2) is 4.90 Å². The highest BCUT2D eigenvalue weighted by molar-refractivity contribution is 5.75. The van der Waals surface area contributed by atoms with Gasteiger partial charge in [-0.3, -0.25) is 16.0 Å². The van der Waals surface area contributed by atoms with E-state index in [1.54, 1.807) is 0 Å². The number of nitrogens with zero attached hydrogens (tertiary/aromatic N) is 3. The summed E-state index contributed by atoms with van der Waals surface area (Å²) in [5.41, 5.74) is 9.88. The van der Waals surface area contributed by atoms with Crippen LogP contribution in [0.15, 0.2) is 18.2 Å². The van der Waals surface area contributed by atoms with Crippen LogP contribution in [0, 0.1) is 17.2 Å². The molecule has 4 unspecified atom stereocenters. The van der Waals surface area contributed by atoms with Gasteiger partial charge in [-0.15, -0.1) is 0 Å². The number of fused-ring (bicyclic) bond motifs is 2. The third-order valence-corrected chi connectivity index (χ3v) is 9.82. The van der Waals surface area contributed by atoms with Crippen molar-refractivity contribution in [2.24, 2.45) is 11.7 Å². The molecule has 5 aliphatic rings. The molecule has 1 aromatic rings. The van der Waals surface area contributed by atoms with Gasteiger partial charge < -0.3 is 36.2 Å². The van der Waals surface area contributed by atoms with Crippen molar-refractivity contribution in [3.8, 4) is 6.07 Å². The lowest BCUT2D eigenvalue weighted by atomic mass is 9.76. The van der Waals surface area contributed by atoms with Crippen LogP contribution in [0.4, 0.5) is 11.4 Å². The van der Waals surface area contributed by atoms with E-state index in [0.717, 1.165) is 38.5 Å². The molecule has 9 N–H and O–H groups in total. The molecule has 12 nitrogen and oxygen atoms in total. The number of aliphatic hydroxyl groups excluding tert-OH is 2. The van der Waals surface area contributed by atoms with Gasteiger partial charge in [0.25, 0.3) is 0 Å². The maximum Gasteiger partial charge on any atom is 0.142 e. The van der Waals surface area contributed by atoms with Crippen molar-refractivity contribution >= 4 is 11.4 Å². The number of nitriles is 1. The second kappa shape index (κ2) is 12.7. The molecular weight excluding hydrogens is 522 g/mol. The van der Waals surface area contributed by atoms with Crippen LogP contribution in [0.5, 0.6) is 0 Å². The minimum atomic E-state index is -0.967. The lowest BCUT2D eigenvalue weighted by Gasteiger charge is -2.42. The van der Waals surface area contributed by atoms with Gasteiger partial charge in [0, 0.05) is 25.7 Å². The zero-order valence-corrected chi connectivity index (χ0v) is 24.0. The normalized spacial score (nSPS) is 38.1. The molecule has 226 valence electrons. The SMILES string of the molecule is CN(C[C@H]1O[C@@H](N2CNC3C(N)NCNC32)[C@H](O)[C@@H]1O)[C@H]1C[C@H](CCC2Nc3ccc(CCCCC#N)cc3N2)C1. The molecule has 4 heterocycles. The molecule has 12 heteroatoms. The summed E-state index contributed by atoms with van der Waals surface area (Å²) in [5.74, 6) is 0.695. The van der Waals surface area contributed by atoms with Crippen molar-refractivity contribution in [2.75, 3.05) is 37.6 Å². The van der Waals surface area contributed by atoms with Gasteiger partial charge in [0.2, 0.25) is 0 Å². The van der Waals surface area contributed by atoms with E-state index in [-0.39, 0.29) is 24.5 Å². The van der Waals surface area contributed by atoms with Crippen molar-refractivity contribution in [1.29, 1.82) is 5.26 Å². The molecule has 8 atom stereocenters. The molecule has 41 heavy (non-hydrogen) atoms.